The molecule has 0 saturated carbocycles. The van der Waals surface area contributed by atoms with E-state index in [9.17, 15) is 0 Å². The molecule has 0 amide bonds. The molecular formula is C54H34N4O. The molecule has 2 heterocycles. The second-order valence-corrected chi connectivity index (χ2v) is 14.6. The van der Waals surface area contributed by atoms with E-state index in [0.29, 0.717) is 23.4 Å². The summed E-state index contributed by atoms with van der Waals surface area (Å²) in [7, 11) is 0. The van der Waals surface area contributed by atoms with E-state index < -0.39 is 0 Å². The van der Waals surface area contributed by atoms with E-state index in [4.69, 9.17) is 24.4 Å². The third-order valence-electron chi connectivity index (χ3n) is 10.9. The standard InChI is InChI=1S/C54H34N4O/c1-5-15-35(16-6-1)42-31-43(36-17-7-2-8-18-36)33-44(32-42)52-56-51(39-19-9-3-10-20-39)57-53(58-52)46-26-13-23-37-27-28-41(34-47(37)46)45-25-14-24-38-29-30-48-50(49(38)45)59-54(55-48)40-21-11-4-12-22-40/h1-34H. The lowest BCUT2D eigenvalue weighted by Gasteiger charge is -2.14. The van der Waals surface area contributed by atoms with Crippen LogP contribution in [0.3, 0.4) is 0 Å². The molecule has 0 spiro atoms. The minimum absolute atomic E-state index is 0.603. The van der Waals surface area contributed by atoms with E-state index in [-0.39, 0.29) is 0 Å². The Kier molecular flexibility index (Phi) is 8.41. The largest absolute Gasteiger partial charge is 0.435 e. The fourth-order valence-corrected chi connectivity index (χ4v) is 8.03. The summed E-state index contributed by atoms with van der Waals surface area (Å²) in [4.78, 5) is 20.5. The van der Waals surface area contributed by atoms with Crippen LogP contribution in [0.5, 0.6) is 0 Å². The Morgan fingerprint density at radius 1 is 0.305 bits per heavy atom. The van der Waals surface area contributed by atoms with Crippen molar-refractivity contribution in [3.63, 3.8) is 0 Å². The Morgan fingerprint density at radius 2 is 0.831 bits per heavy atom. The number of nitrogens with zero attached hydrogens (tertiary/aromatic N) is 4. The molecule has 5 nitrogen and oxygen atoms in total. The Balaban J connectivity index is 1.11. The Morgan fingerprint density at radius 3 is 1.49 bits per heavy atom. The van der Waals surface area contributed by atoms with E-state index in [1.165, 1.54) is 0 Å². The molecular weight excluding hydrogens is 721 g/mol. The van der Waals surface area contributed by atoms with Gasteiger partial charge in [0, 0.05) is 27.6 Å². The molecule has 0 aliphatic carbocycles. The van der Waals surface area contributed by atoms with E-state index in [1.54, 1.807) is 0 Å². The Hall–Kier alpha value is -8.02. The summed E-state index contributed by atoms with van der Waals surface area (Å²) in [5.41, 5.74) is 11.8. The zero-order chi connectivity index (χ0) is 39.1. The molecule has 0 aliphatic rings. The molecule has 11 aromatic rings. The third kappa shape index (κ3) is 6.41. The first-order valence-electron chi connectivity index (χ1n) is 19.7. The molecule has 2 aromatic heterocycles. The van der Waals surface area contributed by atoms with Gasteiger partial charge in [-0.05, 0) is 92.0 Å². The molecule has 0 saturated heterocycles. The molecule has 9 aromatic carbocycles. The van der Waals surface area contributed by atoms with Gasteiger partial charge in [-0.3, -0.25) is 0 Å². The molecule has 0 atom stereocenters. The summed E-state index contributed by atoms with van der Waals surface area (Å²) >= 11 is 0. The van der Waals surface area contributed by atoms with Gasteiger partial charge in [0.1, 0.15) is 5.52 Å². The number of aromatic nitrogens is 4. The second-order valence-electron chi connectivity index (χ2n) is 14.6. The minimum atomic E-state index is 0.603. The van der Waals surface area contributed by atoms with Gasteiger partial charge in [-0.2, -0.15) is 0 Å². The SMILES string of the molecule is c1ccc(-c2cc(-c3ccccc3)cc(-c3nc(-c4ccccc4)nc(-c4cccc5ccc(-c6cccc7ccc8nc(-c9ccccc9)oc8c67)cc45)n3)c2)cc1. The van der Waals surface area contributed by atoms with E-state index in [2.05, 4.69) is 127 Å². The first kappa shape index (κ1) is 34.2. The van der Waals surface area contributed by atoms with Crippen molar-refractivity contribution in [2.24, 2.45) is 0 Å². The van der Waals surface area contributed by atoms with Crippen LogP contribution in [-0.2, 0) is 0 Å². The van der Waals surface area contributed by atoms with Gasteiger partial charge in [0.25, 0.3) is 0 Å². The molecule has 0 N–H and O–H groups in total. The van der Waals surface area contributed by atoms with Gasteiger partial charge in [0.2, 0.25) is 5.89 Å². The highest BCUT2D eigenvalue weighted by Gasteiger charge is 2.19. The predicted molar refractivity (Wildman–Crippen MR) is 240 cm³/mol. The maximum Gasteiger partial charge on any atom is 0.227 e. The van der Waals surface area contributed by atoms with Crippen LogP contribution < -0.4 is 0 Å². The minimum Gasteiger partial charge on any atom is -0.435 e. The highest BCUT2D eigenvalue weighted by atomic mass is 16.3. The summed E-state index contributed by atoms with van der Waals surface area (Å²) in [6.45, 7) is 0. The number of fused-ring (bicyclic) bond motifs is 4. The number of oxazole rings is 1. The maximum atomic E-state index is 6.56. The molecule has 0 bridgehead atoms. The van der Waals surface area contributed by atoms with E-state index in [0.717, 1.165) is 88.3 Å². The van der Waals surface area contributed by atoms with Gasteiger partial charge in [-0.25, -0.2) is 19.9 Å². The molecule has 59 heavy (non-hydrogen) atoms. The van der Waals surface area contributed by atoms with Gasteiger partial charge in [0.15, 0.2) is 23.1 Å². The van der Waals surface area contributed by atoms with E-state index in [1.807, 2.05) is 78.9 Å². The lowest BCUT2D eigenvalue weighted by atomic mass is 9.94. The highest BCUT2D eigenvalue weighted by Crippen LogP contribution is 2.40. The lowest BCUT2D eigenvalue weighted by molar-refractivity contribution is 0.623. The average molecular weight is 755 g/mol. The van der Waals surface area contributed by atoms with Gasteiger partial charge in [-0.1, -0.05) is 164 Å². The van der Waals surface area contributed by atoms with Crippen molar-refractivity contribution in [2.45, 2.75) is 0 Å². The Bertz CT molecular complexity index is 3250. The zero-order valence-electron chi connectivity index (χ0n) is 31.8. The zero-order valence-corrected chi connectivity index (χ0v) is 31.8. The van der Waals surface area contributed by atoms with Crippen molar-refractivity contribution in [1.29, 1.82) is 0 Å². The van der Waals surface area contributed by atoms with Gasteiger partial charge in [0.05, 0.1) is 0 Å². The van der Waals surface area contributed by atoms with Crippen molar-refractivity contribution in [3.8, 4) is 79.0 Å². The smallest absolute Gasteiger partial charge is 0.227 e. The molecule has 0 fully saturated rings. The summed E-state index contributed by atoms with van der Waals surface area (Å²) in [6.07, 6.45) is 0. The van der Waals surface area contributed by atoms with Crippen molar-refractivity contribution in [1.82, 2.24) is 19.9 Å². The fraction of sp³-hybridized carbons (Fsp3) is 0. The van der Waals surface area contributed by atoms with Crippen LogP contribution in [0.2, 0.25) is 0 Å². The lowest BCUT2D eigenvalue weighted by Crippen LogP contribution is -2.01. The highest BCUT2D eigenvalue weighted by molar-refractivity contribution is 6.12. The maximum absolute atomic E-state index is 6.56. The monoisotopic (exact) mass is 754 g/mol. The summed E-state index contributed by atoms with van der Waals surface area (Å²) in [5.74, 6) is 2.42. The number of benzene rings is 9. The molecule has 0 aliphatic heterocycles. The summed E-state index contributed by atoms with van der Waals surface area (Å²) in [5, 5.41) is 4.23. The van der Waals surface area contributed by atoms with Crippen LogP contribution in [0.15, 0.2) is 211 Å². The summed E-state index contributed by atoms with van der Waals surface area (Å²) in [6, 6.07) is 71.2. The van der Waals surface area contributed by atoms with Crippen LogP contribution in [0, 0.1) is 0 Å². The van der Waals surface area contributed by atoms with E-state index >= 15 is 0 Å². The van der Waals surface area contributed by atoms with Crippen molar-refractivity contribution in [3.05, 3.63) is 206 Å². The average Bonchev–Trinajstić information content (AvgIpc) is 3.77. The van der Waals surface area contributed by atoms with Gasteiger partial charge < -0.3 is 4.42 Å². The normalized spacial score (nSPS) is 11.4. The first-order valence-corrected chi connectivity index (χ1v) is 19.7. The van der Waals surface area contributed by atoms with Crippen LogP contribution >= 0.6 is 0 Å². The number of rotatable bonds is 7. The van der Waals surface area contributed by atoms with Crippen LogP contribution in [-0.4, -0.2) is 19.9 Å². The predicted octanol–water partition coefficient (Wildman–Crippen LogP) is 14.0. The second kappa shape index (κ2) is 14.5. The van der Waals surface area contributed by atoms with Gasteiger partial charge in [-0.15, -0.1) is 0 Å². The molecule has 0 unspecified atom stereocenters. The fourth-order valence-electron chi connectivity index (χ4n) is 8.03. The van der Waals surface area contributed by atoms with Crippen molar-refractivity contribution < 1.29 is 4.42 Å². The molecule has 0 radical (unpaired) electrons. The first-order chi connectivity index (χ1) is 29.2. The van der Waals surface area contributed by atoms with Crippen LogP contribution in [0.25, 0.3) is 112 Å². The topological polar surface area (TPSA) is 64.7 Å². The molecule has 5 heteroatoms. The Labute approximate surface area is 341 Å². The third-order valence-corrected chi connectivity index (χ3v) is 10.9. The molecule has 11 rings (SSSR count). The van der Waals surface area contributed by atoms with Crippen molar-refractivity contribution in [2.75, 3.05) is 0 Å². The molecule has 276 valence electrons. The van der Waals surface area contributed by atoms with Crippen LogP contribution in [0.1, 0.15) is 0 Å². The number of hydrogen-bond acceptors (Lipinski definition) is 5. The van der Waals surface area contributed by atoms with Crippen molar-refractivity contribution >= 4 is 32.6 Å². The van der Waals surface area contributed by atoms with Gasteiger partial charge >= 0.3 is 0 Å². The van der Waals surface area contributed by atoms with Crippen LogP contribution in [0.4, 0.5) is 0 Å². The quantitative estimate of drug-likeness (QED) is 0.162. The summed E-state index contributed by atoms with van der Waals surface area (Å²) < 4.78 is 6.56. The number of hydrogen-bond donors (Lipinski definition) is 0.